The lowest BCUT2D eigenvalue weighted by molar-refractivity contribution is -0.148. The summed E-state index contributed by atoms with van der Waals surface area (Å²) in [4.78, 5) is 24.4. The Morgan fingerprint density at radius 1 is 1.44 bits per heavy atom. The highest BCUT2D eigenvalue weighted by Gasteiger charge is 2.44. The quantitative estimate of drug-likeness (QED) is 0.725. The molecule has 2 amide bonds. The van der Waals surface area contributed by atoms with E-state index in [0.717, 1.165) is 0 Å². The molecule has 4 heteroatoms. The summed E-state index contributed by atoms with van der Waals surface area (Å²) < 4.78 is 0. The average molecular weight is 224 g/mol. The van der Waals surface area contributed by atoms with Gasteiger partial charge in [-0.25, -0.2) is 0 Å². The van der Waals surface area contributed by atoms with E-state index in [1.54, 1.807) is 7.05 Å². The molecule has 2 aliphatic rings. The topological polar surface area (TPSA) is 49.4 Å². The molecule has 2 unspecified atom stereocenters. The lowest BCUT2D eigenvalue weighted by Gasteiger charge is -2.32. The highest BCUT2D eigenvalue weighted by Crippen LogP contribution is 2.48. The zero-order valence-electron chi connectivity index (χ0n) is 10.2. The fourth-order valence-electron chi connectivity index (χ4n) is 2.20. The van der Waals surface area contributed by atoms with Crippen LogP contribution in [0.1, 0.15) is 39.5 Å². The van der Waals surface area contributed by atoms with Crippen LogP contribution in [-0.4, -0.2) is 35.8 Å². The van der Waals surface area contributed by atoms with Crippen molar-refractivity contribution in [3.8, 4) is 0 Å². The van der Waals surface area contributed by atoms with Gasteiger partial charge in [0.1, 0.15) is 0 Å². The molecule has 1 aliphatic carbocycles. The molecule has 16 heavy (non-hydrogen) atoms. The van der Waals surface area contributed by atoms with E-state index >= 15 is 0 Å². The van der Waals surface area contributed by atoms with Crippen LogP contribution in [0.15, 0.2) is 0 Å². The van der Waals surface area contributed by atoms with E-state index in [-0.39, 0.29) is 17.9 Å². The minimum Gasteiger partial charge on any atom is -0.303 e. The third kappa shape index (κ3) is 1.98. The van der Waals surface area contributed by atoms with E-state index < -0.39 is 0 Å². The van der Waals surface area contributed by atoms with Gasteiger partial charge in [0.15, 0.2) is 0 Å². The zero-order valence-corrected chi connectivity index (χ0v) is 10.2. The number of likely N-dealkylation sites (tertiary alicyclic amines) is 1. The van der Waals surface area contributed by atoms with Crippen molar-refractivity contribution in [1.29, 1.82) is 0 Å². The summed E-state index contributed by atoms with van der Waals surface area (Å²) in [6.45, 7) is 4.38. The summed E-state index contributed by atoms with van der Waals surface area (Å²) in [6, 6.07) is 0.179. The third-order valence-electron chi connectivity index (χ3n) is 4.18. The van der Waals surface area contributed by atoms with E-state index in [0.29, 0.717) is 24.3 Å². The molecule has 2 rings (SSSR count). The minimum absolute atomic E-state index is 0.0617. The SMILES string of the molecule is CC(NC1CCC(=O)N(C)C1=O)C1(C)CC1. The largest absolute Gasteiger partial charge is 0.303 e. The number of hydrogen-bond donors (Lipinski definition) is 1. The highest BCUT2D eigenvalue weighted by atomic mass is 16.2. The number of imide groups is 1. The Kier molecular flexibility index (Phi) is 2.78. The summed E-state index contributed by atoms with van der Waals surface area (Å²) >= 11 is 0. The first-order chi connectivity index (χ1) is 7.44. The average Bonchev–Trinajstić information content (AvgIpc) is 2.99. The van der Waals surface area contributed by atoms with Gasteiger partial charge in [-0.15, -0.1) is 0 Å². The van der Waals surface area contributed by atoms with Gasteiger partial charge in [0.25, 0.3) is 0 Å². The lowest BCUT2D eigenvalue weighted by Crippen LogP contribution is -2.54. The number of rotatable bonds is 3. The molecule has 0 spiro atoms. The molecule has 1 aliphatic heterocycles. The standard InChI is InChI=1S/C12H20N2O2/c1-8(12(2)6-7-12)13-9-4-5-10(15)14(3)11(9)16/h8-9,13H,4-7H2,1-3H3. The smallest absolute Gasteiger partial charge is 0.246 e. The Hall–Kier alpha value is -0.900. The highest BCUT2D eigenvalue weighted by molar-refractivity contribution is 6.00. The van der Waals surface area contributed by atoms with Crippen LogP contribution in [0.2, 0.25) is 0 Å². The third-order valence-corrected chi connectivity index (χ3v) is 4.18. The van der Waals surface area contributed by atoms with Gasteiger partial charge in [0.05, 0.1) is 6.04 Å². The molecule has 0 aromatic carbocycles. The molecule has 0 radical (unpaired) electrons. The number of nitrogens with one attached hydrogen (secondary N) is 1. The predicted octanol–water partition coefficient (Wildman–Crippen LogP) is 0.912. The first kappa shape index (κ1) is 11.6. The normalized spacial score (nSPS) is 30.4. The van der Waals surface area contributed by atoms with Gasteiger partial charge in [0.2, 0.25) is 11.8 Å². The number of likely N-dealkylation sites (N-methyl/N-ethyl adjacent to an activating group) is 1. The van der Waals surface area contributed by atoms with Crippen molar-refractivity contribution >= 4 is 11.8 Å². The number of amides is 2. The first-order valence-electron chi connectivity index (χ1n) is 6.00. The van der Waals surface area contributed by atoms with Crippen molar-refractivity contribution in [3.05, 3.63) is 0 Å². The van der Waals surface area contributed by atoms with Crippen molar-refractivity contribution in [3.63, 3.8) is 0 Å². The molecule has 2 fully saturated rings. The van der Waals surface area contributed by atoms with Crippen LogP contribution in [0.5, 0.6) is 0 Å². The molecule has 4 nitrogen and oxygen atoms in total. The van der Waals surface area contributed by atoms with Crippen LogP contribution in [0, 0.1) is 5.41 Å². The molecular weight excluding hydrogens is 204 g/mol. The van der Waals surface area contributed by atoms with E-state index in [1.807, 2.05) is 0 Å². The van der Waals surface area contributed by atoms with Crippen molar-refractivity contribution in [1.82, 2.24) is 10.2 Å². The number of hydrogen-bond acceptors (Lipinski definition) is 3. The molecule has 1 N–H and O–H groups in total. The van der Waals surface area contributed by atoms with Crippen LogP contribution in [0.4, 0.5) is 0 Å². The second-order valence-electron chi connectivity index (χ2n) is 5.42. The van der Waals surface area contributed by atoms with Gasteiger partial charge in [-0.1, -0.05) is 6.92 Å². The summed E-state index contributed by atoms with van der Waals surface area (Å²) in [5.74, 6) is -0.138. The van der Waals surface area contributed by atoms with Gasteiger partial charge in [-0.3, -0.25) is 14.5 Å². The molecule has 1 heterocycles. The van der Waals surface area contributed by atoms with Crippen molar-refractivity contribution in [2.24, 2.45) is 5.41 Å². The van der Waals surface area contributed by atoms with Crippen LogP contribution < -0.4 is 5.32 Å². The monoisotopic (exact) mass is 224 g/mol. The molecule has 0 bridgehead atoms. The number of carbonyl (C=O) groups excluding carboxylic acids is 2. The number of carbonyl (C=O) groups is 2. The van der Waals surface area contributed by atoms with Crippen molar-refractivity contribution in [2.75, 3.05) is 7.05 Å². The molecule has 90 valence electrons. The van der Waals surface area contributed by atoms with E-state index in [1.165, 1.54) is 17.7 Å². The van der Waals surface area contributed by atoms with E-state index in [2.05, 4.69) is 19.2 Å². The lowest BCUT2D eigenvalue weighted by atomic mass is 9.97. The molecular formula is C12H20N2O2. The first-order valence-corrected chi connectivity index (χ1v) is 6.00. The summed E-state index contributed by atoms with van der Waals surface area (Å²) in [5, 5.41) is 3.38. The Morgan fingerprint density at radius 2 is 2.06 bits per heavy atom. The molecule has 1 saturated heterocycles. The molecule has 0 aromatic rings. The Labute approximate surface area is 96.4 Å². The molecule has 0 aromatic heterocycles. The molecule has 2 atom stereocenters. The molecule has 1 saturated carbocycles. The van der Waals surface area contributed by atoms with Gasteiger partial charge in [-0.05, 0) is 31.6 Å². The van der Waals surface area contributed by atoms with E-state index in [9.17, 15) is 9.59 Å². The Bertz CT molecular complexity index is 323. The van der Waals surface area contributed by atoms with Gasteiger partial charge >= 0.3 is 0 Å². The minimum atomic E-state index is -0.171. The maximum Gasteiger partial charge on any atom is 0.246 e. The van der Waals surface area contributed by atoms with Crippen LogP contribution in [-0.2, 0) is 9.59 Å². The fourth-order valence-corrected chi connectivity index (χ4v) is 2.20. The number of nitrogens with zero attached hydrogens (tertiary/aromatic N) is 1. The summed E-state index contributed by atoms with van der Waals surface area (Å²) in [6.07, 6.45) is 3.58. The van der Waals surface area contributed by atoms with Gasteiger partial charge in [-0.2, -0.15) is 0 Å². The predicted molar refractivity (Wildman–Crippen MR) is 60.7 cm³/mol. The van der Waals surface area contributed by atoms with E-state index in [4.69, 9.17) is 0 Å². The van der Waals surface area contributed by atoms with Crippen LogP contribution in [0.25, 0.3) is 0 Å². The van der Waals surface area contributed by atoms with Gasteiger partial charge < -0.3 is 5.32 Å². The zero-order chi connectivity index (χ0) is 11.9. The Balaban J connectivity index is 1.95. The van der Waals surface area contributed by atoms with Crippen molar-refractivity contribution in [2.45, 2.75) is 51.6 Å². The Morgan fingerprint density at radius 3 is 2.62 bits per heavy atom. The fraction of sp³-hybridized carbons (Fsp3) is 0.833. The van der Waals surface area contributed by atoms with Gasteiger partial charge in [0, 0.05) is 19.5 Å². The maximum atomic E-state index is 11.9. The van der Waals surface area contributed by atoms with Crippen LogP contribution in [0.3, 0.4) is 0 Å². The van der Waals surface area contributed by atoms with Crippen molar-refractivity contribution < 1.29 is 9.59 Å². The van der Waals surface area contributed by atoms with Crippen LogP contribution >= 0.6 is 0 Å². The number of piperidine rings is 1. The second kappa shape index (κ2) is 3.84. The maximum absolute atomic E-state index is 11.9. The summed E-state index contributed by atoms with van der Waals surface area (Å²) in [5.41, 5.74) is 0.361. The second-order valence-corrected chi connectivity index (χ2v) is 5.42. The summed E-state index contributed by atoms with van der Waals surface area (Å²) in [7, 11) is 1.57.